The highest BCUT2D eigenvalue weighted by Crippen LogP contribution is 2.22. The lowest BCUT2D eigenvalue weighted by atomic mass is 9.88. The molecular weight excluding hydrogens is 150 g/mol. The molecule has 1 fully saturated rings. The molecule has 0 aromatic heterocycles. The molecule has 12 heavy (non-hydrogen) atoms. The third kappa shape index (κ3) is 1.79. The maximum atomic E-state index is 11.1. The Kier molecular flexibility index (Phi) is 2.75. The van der Waals surface area contributed by atoms with Gasteiger partial charge >= 0.3 is 0 Å². The summed E-state index contributed by atoms with van der Waals surface area (Å²) in [5.41, 5.74) is 0. The molecule has 0 saturated carbocycles. The second kappa shape index (κ2) is 3.62. The fourth-order valence-corrected chi connectivity index (χ4v) is 1.29. The van der Waals surface area contributed by atoms with E-state index in [1.807, 2.05) is 0 Å². The van der Waals surface area contributed by atoms with Gasteiger partial charge in [-0.3, -0.25) is 4.79 Å². The van der Waals surface area contributed by atoms with Crippen molar-refractivity contribution in [3.63, 3.8) is 0 Å². The molecule has 2 nitrogen and oxygen atoms in total. The van der Waals surface area contributed by atoms with E-state index in [9.17, 15) is 4.79 Å². The summed E-state index contributed by atoms with van der Waals surface area (Å²) in [7, 11) is 0. The van der Waals surface area contributed by atoms with Crippen LogP contribution in [0, 0.1) is 23.7 Å². The summed E-state index contributed by atoms with van der Waals surface area (Å²) in [4.78, 5) is 13.0. The smallest absolute Gasteiger partial charge is 0.298 e. The van der Waals surface area contributed by atoms with E-state index in [0.29, 0.717) is 11.8 Å². The van der Waals surface area contributed by atoms with Crippen molar-refractivity contribution >= 4 is 5.91 Å². The topological polar surface area (TPSA) is 20.3 Å². The predicted octanol–water partition coefficient (Wildman–Crippen LogP) is 1.12. The Hall–Kier alpha value is -0.970. The molecule has 0 atom stereocenters. The van der Waals surface area contributed by atoms with Gasteiger partial charge in [-0.05, 0) is 24.7 Å². The zero-order valence-corrected chi connectivity index (χ0v) is 7.92. The second-order valence-corrected chi connectivity index (χ2v) is 3.59. The fraction of sp³-hybridized carbons (Fsp3) is 0.700. The minimum absolute atomic E-state index is 0.0191. The van der Waals surface area contributed by atoms with E-state index in [0.717, 1.165) is 13.1 Å². The second-order valence-electron chi connectivity index (χ2n) is 3.59. The number of hydrogen-bond acceptors (Lipinski definition) is 1. The lowest BCUT2D eigenvalue weighted by Crippen LogP contribution is -2.51. The van der Waals surface area contributed by atoms with Crippen molar-refractivity contribution in [3.8, 4) is 11.8 Å². The van der Waals surface area contributed by atoms with Crippen molar-refractivity contribution in [3.05, 3.63) is 0 Å². The number of carbonyl (C=O) groups is 1. The number of likely N-dealkylation sites (tertiary alicyclic amines) is 1. The van der Waals surface area contributed by atoms with Crippen LogP contribution in [0.3, 0.4) is 0 Å². The first kappa shape index (κ1) is 9.12. The monoisotopic (exact) mass is 165 g/mol. The number of nitrogens with zero attached hydrogens (tertiary/aromatic N) is 1. The van der Waals surface area contributed by atoms with Crippen molar-refractivity contribution in [2.75, 3.05) is 13.1 Å². The molecule has 0 radical (unpaired) electrons. The molecule has 1 aliphatic heterocycles. The van der Waals surface area contributed by atoms with Gasteiger partial charge in [-0.25, -0.2) is 0 Å². The summed E-state index contributed by atoms with van der Waals surface area (Å²) in [5.74, 6) is 6.52. The van der Waals surface area contributed by atoms with Gasteiger partial charge in [0.25, 0.3) is 5.91 Å². The van der Waals surface area contributed by atoms with Gasteiger partial charge in [-0.2, -0.15) is 0 Å². The molecule has 1 amide bonds. The molecular formula is C10H15NO. The van der Waals surface area contributed by atoms with Gasteiger partial charge in [0.15, 0.2) is 0 Å². The van der Waals surface area contributed by atoms with Gasteiger partial charge in [-0.1, -0.05) is 19.8 Å². The van der Waals surface area contributed by atoms with E-state index < -0.39 is 0 Å². The Morgan fingerprint density at radius 1 is 1.50 bits per heavy atom. The molecule has 0 aromatic rings. The standard InChI is InChI=1S/C10H15NO/c1-4-5-10(12)11-6-9(7-11)8(2)3/h8-9H,6-7H2,1-3H3. The Morgan fingerprint density at radius 2 is 2.08 bits per heavy atom. The van der Waals surface area contributed by atoms with Gasteiger partial charge in [0.2, 0.25) is 0 Å². The third-order valence-electron chi connectivity index (χ3n) is 2.37. The first-order chi connectivity index (χ1) is 5.65. The number of rotatable bonds is 1. The molecule has 0 aromatic carbocycles. The molecule has 0 unspecified atom stereocenters. The molecule has 0 spiro atoms. The van der Waals surface area contributed by atoms with Crippen molar-refractivity contribution < 1.29 is 4.79 Å². The van der Waals surface area contributed by atoms with Crippen LogP contribution in [-0.4, -0.2) is 23.9 Å². The minimum Gasteiger partial charge on any atom is -0.331 e. The fourth-order valence-electron chi connectivity index (χ4n) is 1.29. The normalized spacial score (nSPS) is 16.8. The number of carbonyl (C=O) groups excluding carboxylic acids is 1. The maximum absolute atomic E-state index is 11.1. The summed E-state index contributed by atoms with van der Waals surface area (Å²) < 4.78 is 0. The van der Waals surface area contributed by atoms with Gasteiger partial charge in [0, 0.05) is 13.1 Å². The first-order valence-electron chi connectivity index (χ1n) is 4.36. The van der Waals surface area contributed by atoms with Crippen LogP contribution in [0.25, 0.3) is 0 Å². The summed E-state index contributed by atoms with van der Waals surface area (Å²) >= 11 is 0. The summed E-state index contributed by atoms with van der Waals surface area (Å²) in [6.07, 6.45) is 0. The van der Waals surface area contributed by atoms with Crippen LogP contribution in [0.15, 0.2) is 0 Å². The molecule has 2 heteroatoms. The average Bonchev–Trinajstić information content (AvgIpc) is 1.82. The molecule has 1 rings (SSSR count). The molecule has 1 saturated heterocycles. The van der Waals surface area contributed by atoms with Crippen LogP contribution in [0.4, 0.5) is 0 Å². The molecule has 1 heterocycles. The Bertz CT molecular complexity index is 228. The Balaban J connectivity index is 2.33. The van der Waals surface area contributed by atoms with Crippen molar-refractivity contribution in [1.29, 1.82) is 0 Å². The molecule has 0 bridgehead atoms. The molecule has 0 aliphatic carbocycles. The van der Waals surface area contributed by atoms with Crippen molar-refractivity contribution in [1.82, 2.24) is 4.90 Å². The van der Waals surface area contributed by atoms with Crippen LogP contribution in [0.5, 0.6) is 0 Å². The largest absolute Gasteiger partial charge is 0.331 e. The van der Waals surface area contributed by atoms with Crippen molar-refractivity contribution in [2.45, 2.75) is 20.8 Å². The van der Waals surface area contributed by atoms with Gasteiger partial charge < -0.3 is 4.90 Å². The number of hydrogen-bond donors (Lipinski definition) is 0. The van der Waals surface area contributed by atoms with Crippen molar-refractivity contribution in [2.24, 2.45) is 11.8 Å². The maximum Gasteiger partial charge on any atom is 0.298 e. The minimum atomic E-state index is -0.0191. The number of amides is 1. The van der Waals surface area contributed by atoms with Crippen LogP contribution in [-0.2, 0) is 4.79 Å². The summed E-state index contributed by atoms with van der Waals surface area (Å²) in [6.45, 7) is 7.87. The average molecular weight is 165 g/mol. The lowest BCUT2D eigenvalue weighted by molar-refractivity contribution is -0.132. The van der Waals surface area contributed by atoms with Gasteiger partial charge in [-0.15, -0.1) is 0 Å². The summed E-state index contributed by atoms with van der Waals surface area (Å²) in [5, 5.41) is 0. The zero-order chi connectivity index (χ0) is 9.14. The Labute approximate surface area is 73.9 Å². The van der Waals surface area contributed by atoms with Crippen LogP contribution < -0.4 is 0 Å². The zero-order valence-electron chi connectivity index (χ0n) is 7.92. The van der Waals surface area contributed by atoms with Gasteiger partial charge in [0.1, 0.15) is 0 Å². The molecule has 0 N–H and O–H groups in total. The van der Waals surface area contributed by atoms with Crippen LogP contribution in [0.1, 0.15) is 20.8 Å². The van der Waals surface area contributed by atoms with E-state index in [-0.39, 0.29) is 5.91 Å². The van der Waals surface area contributed by atoms with E-state index in [4.69, 9.17) is 0 Å². The van der Waals surface area contributed by atoms with E-state index >= 15 is 0 Å². The highest BCUT2D eigenvalue weighted by Gasteiger charge is 2.31. The molecule has 1 aliphatic rings. The highest BCUT2D eigenvalue weighted by molar-refractivity contribution is 5.93. The predicted molar refractivity (Wildman–Crippen MR) is 48.4 cm³/mol. The highest BCUT2D eigenvalue weighted by atomic mass is 16.2. The molecule has 66 valence electrons. The van der Waals surface area contributed by atoms with E-state index in [1.165, 1.54) is 0 Å². The lowest BCUT2D eigenvalue weighted by Gasteiger charge is -2.40. The van der Waals surface area contributed by atoms with Crippen LogP contribution in [0.2, 0.25) is 0 Å². The first-order valence-corrected chi connectivity index (χ1v) is 4.36. The van der Waals surface area contributed by atoms with E-state index in [2.05, 4.69) is 25.7 Å². The van der Waals surface area contributed by atoms with E-state index in [1.54, 1.807) is 11.8 Å². The Morgan fingerprint density at radius 3 is 2.50 bits per heavy atom. The third-order valence-corrected chi connectivity index (χ3v) is 2.37. The quantitative estimate of drug-likeness (QED) is 0.533. The summed E-state index contributed by atoms with van der Waals surface area (Å²) in [6, 6.07) is 0. The van der Waals surface area contributed by atoms with Gasteiger partial charge in [0.05, 0.1) is 0 Å². The van der Waals surface area contributed by atoms with Crippen LogP contribution >= 0.6 is 0 Å². The SMILES string of the molecule is CC#CC(=O)N1CC(C(C)C)C1.